The Balaban J connectivity index is 0.000000492. The van der Waals surface area contributed by atoms with Crippen molar-refractivity contribution in [1.82, 2.24) is 5.32 Å². The molecule has 1 aliphatic carbocycles. The van der Waals surface area contributed by atoms with E-state index in [1.54, 1.807) is 13.0 Å². The molecule has 2 aliphatic rings. The van der Waals surface area contributed by atoms with Gasteiger partial charge in [-0.3, -0.25) is 4.79 Å². The third kappa shape index (κ3) is 14.8. The van der Waals surface area contributed by atoms with Crippen molar-refractivity contribution in [3.63, 3.8) is 0 Å². The van der Waals surface area contributed by atoms with E-state index >= 15 is 0 Å². The van der Waals surface area contributed by atoms with Crippen LogP contribution in [-0.2, 0) is 11.2 Å². The highest BCUT2D eigenvalue weighted by Crippen LogP contribution is 2.40. The molecule has 1 saturated carbocycles. The second kappa shape index (κ2) is 19.8. The molecule has 1 atom stereocenters. The van der Waals surface area contributed by atoms with E-state index in [4.69, 9.17) is 4.74 Å². The Morgan fingerprint density at radius 2 is 1.68 bits per heavy atom. The minimum Gasteiger partial charge on any atom is -0.494 e. The lowest BCUT2D eigenvalue weighted by atomic mass is 9.93. The highest BCUT2D eigenvalue weighted by Gasteiger charge is 2.31. The molecule has 34 heavy (non-hydrogen) atoms. The van der Waals surface area contributed by atoms with Gasteiger partial charge < -0.3 is 10.1 Å². The van der Waals surface area contributed by atoms with Crippen LogP contribution in [0.5, 0.6) is 5.75 Å². The van der Waals surface area contributed by atoms with Crippen molar-refractivity contribution in [1.29, 1.82) is 0 Å². The summed E-state index contributed by atoms with van der Waals surface area (Å²) >= 11 is 0. The zero-order valence-corrected chi connectivity index (χ0v) is 23.6. The molecule has 1 unspecified atom stereocenters. The van der Waals surface area contributed by atoms with Crippen LogP contribution in [0, 0.1) is 30.5 Å². The summed E-state index contributed by atoms with van der Waals surface area (Å²) in [5.41, 5.74) is 1.22. The number of carbonyl (C=O) groups is 1. The van der Waals surface area contributed by atoms with Gasteiger partial charge in [0.25, 0.3) is 0 Å². The minimum absolute atomic E-state index is 0.0406. The summed E-state index contributed by atoms with van der Waals surface area (Å²) in [7, 11) is 0. The smallest absolute Gasteiger partial charge is 0.134 e. The molecule has 1 heterocycles. The fraction of sp³-hybridized carbons (Fsp3) is 0.767. The molecule has 3 rings (SSSR count). The topological polar surface area (TPSA) is 38.3 Å². The lowest BCUT2D eigenvalue weighted by Gasteiger charge is -2.21. The Bertz CT molecular complexity index is 628. The number of halogens is 1. The Morgan fingerprint density at radius 3 is 2.12 bits per heavy atom. The highest BCUT2D eigenvalue weighted by molar-refractivity contribution is 5.78. The number of hydrogen-bond acceptors (Lipinski definition) is 3. The third-order valence-corrected chi connectivity index (χ3v) is 6.55. The Hall–Kier alpha value is -1.42. The maximum Gasteiger partial charge on any atom is 0.134 e. The number of rotatable bonds is 9. The summed E-state index contributed by atoms with van der Waals surface area (Å²) in [6.07, 6.45) is 11.6. The molecule has 198 valence electrons. The SMILES string of the molecule is C1CC(C2CC2)CCN1.CC.CCCCC(C)CC.CCOc1cc(C)c(CC(C)=O)c(F)c1. The summed E-state index contributed by atoms with van der Waals surface area (Å²) in [4.78, 5) is 10.9. The van der Waals surface area contributed by atoms with Gasteiger partial charge in [0.15, 0.2) is 0 Å². The summed E-state index contributed by atoms with van der Waals surface area (Å²) in [5.74, 6) is 3.31. The molecule has 3 nitrogen and oxygen atoms in total. The first-order chi connectivity index (χ1) is 16.3. The molecular weight excluding hydrogens is 425 g/mol. The van der Waals surface area contributed by atoms with Crippen molar-refractivity contribution < 1.29 is 13.9 Å². The number of nitrogens with one attached hydrogen (secondary N) is 1. The van der Waals surface area contributed by atoms with Crippen molar-refractivity contribution >= 4 is 5.78 Å². The van der Waals surface area contributed by atoms with Gasteiger partial charge in [-0.25, -0.2) is 4.39 Å². The standard InChI is InChI=1S/C12H15FO2.C8H15N.C8H18.C2H6/c1-4-15-10-5-8(2)11(6-9(3)14)12(13)7-10;1-2-7(1)8-3-5-9-6-4-8;1-4-6-7-8(3)5-2;1-2/h5,7H,4,6H2,1-3H3;7-9H,1-6H2;8H,4-7H2,1-3H3;1-2H3. The molecule has 0 radical (unpaired) electrons. The van der Waals surface area contributed by atoms with Crippen LogP contribution in [0.1, 0.15) is 111 Å². The van der Waals surface area contributed by atoms with Crippen LogP contribution in [0.2, 0.25) is 0 Å². The maximum absolute atomic E-state index is 13.6. The average molecular weight is 480 g/mol. The number of benzene rings is 1. The molecule has 0 spiro atoms. The summed E-state index contributed by atoms with van der Waals surface area (Å²) in [6.45, 7) is 19.0. The zero-order chi connectivity index (χ0) is 25.9. The first kappa shape index (κ1) is 32.6. The second-order valence-electron chi connectivity index (χ2n) is 9.59. The van der Waals surface area contributed by atoms with Gasteiger partial charge in [0.1, 0.15) is 17.3 Å². The molecule has 0 amide bonds. The summed E-state index contributed by atoms with van der Waals surface area (Å²) in [5, 5.41) is 3.40. The summed E-state index contributed by atoms with van der Waals surface area (Å²) in [6, 6.07) is 3.08. The van der Waals surface area contributed by atoms with E-state index in [9.17, 15) is 9.18 Å². The molecule has 1 aromatic carbocycles. The van der Waals surface area contributed by atoms with E-state index in [0.717, 1.165) is 23.3 Å². The number of aryl methyl sites for hydroxylation is 1. The molecule has 1 aliphatic heterocycles. The molecule has 1 saturated heterocycles. The quantitative estimate of drug-likeness (QED) is 0.387. The minimum atomic E-state index is -0.367. The van der Waals surface area contributed by atoms with Crippen molar-refractivity contribution in [2.45, 2.75) is 113 Å². The van der Waals surface area contributed by atoms with Crippen molar-refractivity contribution in [3.05, 3.63) is 29.1 Å². The molecule has 2 fully saturated rings. The van der Waals surface area contributed by atoms with Crippen molar-refractivity contribution in [3.8, 4) is 5.75 Å². The average Bonchev–Trinajstić information content (AvgIpc) is 3.68. The highest BCUT2D eigenvalue weighted by atomic mass is 19.1. The maximum atomic E-state index is 13.6. The third-order valence-electron chi connectivity index (χ3n) is 6.55. The van der Waals surface area contributed by atoms with E-state index < -0.39 is 0 Å². The number of piperidine rings is 1. The van der Waals surface area contributed by atoms with E-state index in [1.165, 1.54) is 77.4 Å². The van der Waals surface area contributed by atoms with Gasteiger partial charge in [-0.15, -0.1) is 0 Å². The van der Waals surface area contributed by atoms with Crippen LogP contribution >= 0.6 is 0 Å². The van der Waals surface area contributed by atoms with Crippen molar-refractivity contribution in [2.24, 2.45) is 17.8 Å². The number of hydrogen-bond donors (Lipinski definition) is 1. The van der Waals surface area contributed by atoms with Gasteiger partial charge >= 0.3 is 0 Å². The fourth-order valence-corrected chi connectivity index (χ4v) is 4.11. The van der Waals surface area contributed by atoms with Crippen LogP contribution in [-0.4, -0.2) is 25.5 Å². The van der Waals surface area contributed by atoms with Crippen LogP contribution < -0.4 is 10.1 Å². The van der Waals surface area contributed by atoms with Gasteiger partial charge in [-0.1, -0.05) is 60.3 Å². The lowest BCUT2D eigenvalue weighted by Crippen LogP contribution is -2.28. The number of carbonyl (C=O) groups excluding carboxylic acids is 1. The number of unbranched alkanes of at least 4 members (excludes halogenated alkanes) is 1. The first-order valence-electron chi connectivity index (χ1n) is 13.9. The first-order valence-corrected chi connectivity index (χ1v) is 13.9. The molecule has 1 N–H and O–H groups in total. The lowest BCUT2D eigenvalue weighted by molar-refractivity contribution is -0.116. The molecule has 0 bridgehead atoms. The predicted molar refractivity (Wildman–Crippen MR) is 145 cm³/mol. The van der Waals surface area contributed by atoms with Gasteiger partial charge in [0, 0.05) is 12.5 Å². The Kier molecular flexibility index (Phi) is 19.0. The normalized spacial score (nSPS) is 16.0. The van der Waals surface area contributed by atoms with E-state index in [2.05, 4.69) is 26.1 Å². The number of Topliss-reactive ketones (excluding diaryl/α,β-unsaturated/α-hetero) is 1. The van der Waals surface area contributed by atoms with Crippen molar-refractivity contribution in [2.75, 3.05) is 19.7 Å². The van der Waals surface area contributed by atoms with Crippen LogP contribution in [0.3, 0.4) is 0 Å². The predicted octanol–water partition coefficient (Wildman–Crippen LogP) is 8.31. The van der Waals surface area contributed by atoms with Crippen LogP contribution in [0.4, 0.5) is 4.39 Å². The summed E-state index contributed by atoms with van der Waals surface area (Å²) < 4.78 is 18.8. The van der Waals surface area contributed by atoms with Gasteiger partial charge in [-0.05, 0) is 94.5 Å². The Morgan fingerprint density at radius 1 is 1.09 bits per heavy atom. The largest absolute Gasteiger partial charge is 0.494 e. The van der Waals surface area contributed by atoms with Crippen LogP contribution in [0.25, 0.3) is 0 Å². The van der Waals surface area contributed by atoms with E-state index in [1.807, 2.05) is 20.8 Å². The van der Waals surface area contributed by atoms with Gasteiger partial charge in [-0.2, -0.15) is 0 Å². The van der Waals surface area contributed by atoms with Gasteiger partial charge in [0.2, 0.25) is 0 Å². The Labute approximate surface area is 210 Å². The molecule has 4 heteroatoms. The number of ketones is 1. The molecule has 0 aromatic heterocycles. The monoisotopic (exact) mass is 479 g/mol. The van der Waals surface area contributed by atoms with E-state index in [0.29, 0.717) is 17.9 Å². The second-order valence-corrected chi connectivity index (χ2v) is 9.59. The van der Waals surface area contributed by atoms with Gasteiger partial charge in [0.05, 0.1) is 6.61 Å². The van der Waals surface area contributed by atoms with Crippen LogP contribution in [0.15, 0.2) is 12.1 Å². The zero-order valence-electron chi connectivity index (χ0n) is 23.6. The number of ether oxygens (including phenoxy) is 1. The fourth-order valence-electron chi connectivity index (χ4n) is 4.11. The van der Waals surface area contributed by atoms with E-state index in [-0.39, 0.29) is 18.0 Å². The molecule has 1 aromatic rings. The molecular formula is C30H54FNO2.